The van der Waals surface area contributed by atoms with E-state index in [1.807, 2.05) is 0 Å². The summed E-state index contributed by atoms with van der Waals surface area (Å²) in [5.74, 6) is -0.292. The molecular weight excluding hydrogens is 220 g/mol. The number of hydrogen-bond donors (Lipinski definition) is 3. The Labute approximate surface area is 87.1 Å². The van der Waals surface area contributed by atoms with Crippen molar-refractivity contribution in [3.8, 4) is 0 Å². The van der Waals surface area contributed by atoms with E-state index in [2.05, 4.69) is 9.97 Å². The highest BCUT2D eigenvalue weighted by atomic mass is 32.2. The van der Waals surface area contributed by atoms with Crippen LogP contribution in [0, 0.1) is 0 Å². The Balaban J connectivity index is 3.48. The number of rotatable bonds is 2. The first-order valence-corrected chi connectivity index (χ1v) is 5.41. The summed E-state index contributed by atoms with van der Waals surface area (Å²) in [5, 5.41) is 4.90. The number of aromatic nitrogens is 2. The van der Waals surface area contributed by atoms with Crippen molar-refractivity contribution in [3.63, 3.8) is 0 Å². The van der Waals surface area contributed by atoms with Crippen LogP contribution in [0.1, 0.15) is 0 Å². The van der Waals surface area contributed by atoms with Gasteiger partial charge in [0.15, 0.2) is 16.5 Å². The zero-order chi connectivity index (χ0) is 11.8. The van der Waals surface area contributed by atoms with Crippen LogP contribution in [0.5, 0.6) is 0 Å². The van der Waals surface area contributed by atoms with Gasteiger partial charge in [0.2, 0.25) is 16.0 Å². The first-order chi connectivity index (χ1) is 6.73. The van der Waals surface area contributed by atoms with Gasteiger partial charge in [-0.25, -0.2) is 13.6 Å². The maximum atomic E-state index is 11.1. The molecule has 0 radical (unpaired) electrons. The quantitative estimate of drug-likeness (QED) is 0.554. The van der Waals surface area contributed by atoms with E-state index < -0.39 is 14.9 Å². The fraction of sp³-hybridized carbons (Fsp3) is 0.333. The summed E-state index contributed by atoms with van der Waals surface area (Å²) in [4.78, 5) is 8.61. The Bertz CT molecular complexity index is 459. The molecule has 0 atom stereocenters. The highest BCUT2D eigenvalue weighted by molar-refractivity contribution is 7.89. The van der Waals surface area contributed by atoms with E-state index in [0.717, 1.165) is 0 Å². The predicted molar refractivity (Wildman–Crippen MR) is 56.6 cm³/mol. The molecule has 6 N–H and O–H groups in total. The third-order valence-corrected chi connectivity index (χ3v) is 2.58. The molecule has 0 aromatic carbocycles. The van der Waals surface area contributed by atoms with Crippen molar-refractivity contribution in [3.05, 3.63) is 0 Å². The number of primary sulfonamides is 1. The molecule has 0 spiro atoms. The summed E-state index contributed by atoms with van der Waals surface area (Å²) in [6, 6.07) is 0. The Kier molecular flexibility index (Phi) is 2.69. The number of sulfonamides is 1. The van der Waals surface area contributed by atoms with Gasteiger partial charge in [-0.05, 0) is 0 Å². The van der Waals surface area contributed by atoms with E-state index in [4.69, 9.17) is 16.6 Å². The zero-order valence-electron chi connectivity index (χ0n) is 8.30. The van der Waals surface area contributed by atoms with E-state index in [-0.39, 0.29) is 17.6 Å². The third-order valence-electron chi connectivity index (χ3n) is 1.59. The van der Waals surface area contributed by atoms with Gasteiger partial charge in [0, 0.05) is 14.1 Å². The molecular formula is C6H12N6O2S. The monoisotopic (exact) mass is 232 g/mol. The number of nitrogens with zero attached hydrogens (tertiary/aromatic N) is 3. The summed E-state index contributed by atoms with van der Waals surface area (Å²) >= 11 is 0. The van der Waals surface area contributed by atoms with Crippen LogP contribution in [0.3, 0.4) is 0 Å². The average Bonchev–Trinajstić information content (AvgIpc) is 1.99. The second-order valence-corrected chi connectivity index (χ2v) is 4.56. The van der Waals surface area contributed by atoms with Gasteiger partial charge in [0.25, 0.3) is 0 Å². The summed E-state index contributed by atoms with van der Waals surface area (Å²) < 4.78 is 22.2. The smallest absolute Gasteiger partial charge is 0.245 e. The van der Waals surface area contributed by atoms with Gasteiger partial charge in [0.05, 0.1) is 0 Å². The molecule has 0 bridgehead atoms. The lowest BCUT2D eigenvalue weighted by molar-refractivity contribution is 0.598. The van der Waals surface area contributed by atoms with Gasteiger partial charge in [-0.3, -0.25) is 0 Å². The molecule has 0 amide bonds. The lowest BCUT2D eigenvalue weighted by atomic mass is 10.5. The third kappa shape index (κ3) is 2.25. The zero-order valence-corrected chi connectivity index (χ0v) is 9.11. The molecule has 0 saturated carbocycles. The van der Waals surface area contributed by atoms with Crippen LogP contribution in [-0.4, -0.2) is 32.5 Å². The van der Waals surface area contributed by atoms with Gasteiger partial charge < -0.3 is 16.4 Å². The van der Waals surface area contributed by atoms with Crippen LogP contribution in [0.15, 0.2) is 4.90 Å². The largest absolute Gasteiger partial charge is 0.382 e. The minimum absolute atomic E-state index is 0.220. The minimum Gasteiger partial charge on any atom is -0.382 e. The van der Waals surface area contributed by atoms with Crippen LogP contribution < -0.4 is 21.5 Å². The fourth-order valence-corrected chi connectivity index (χ4v) is 1.64. The van der Waals surface area contributed by atoms with E-state index in [9.17, 15) is 8.42 Å². The fourth-order valence-electron chi connectivity index (χ4n) is 0.965. The first kappa shape index (κ1) is 11.5. The molecule has 0 unspecified atom stereocenters. The Hall–Kier alpha value is -1.61. The van der Waals surface area contributed by atoms with Crippen LogP contribution >= 0.6 is 0 Å². The summed E-state index contributed by atoms with van der Waals surface area (Å²) in [6.07, 6.45) is 0. The van der Waals surface area contributed by atoms with Crippen LogP contribution in [0.4, 0.5) is 17.6 Å². The lowest BCUT2D eigenvalue weighted by Crippen LogP contribution is -2.21. The maximum absolute atomic E-state index is 11.1. The number of hydrogen-bond acceptors (Lipinski definition) is 7. The van der Waals surface area contributed by atoms with Crippen LogP contribution in [-0.2, 0) is 10.0 Å². The van der Waals surface area contributed by atoms with Gasteiger partial charge in [-0.2, -0.15) is 9.97 Å². The van der Waals surface area contributed by atoms with Crippen molar-refractivity contribution < 1.29 is 8.42 Å². The van der Waals surface area contributed by atoms with Crippen molar-refractivity contribution in [2.24, 2.45) is 5.14 Å². The van der Waals surface area contributed by atoms with E-state index in [1.54, 1.807) is 19.0 Å². The summed E-state index contributed by atoms with van der Waals surface area (Å²) in [6.45, 7) is 0. The second-order valence-electron chi connectivity index (χ2n) is 3.06. The molecule has 84 valence electrons. The lowest BCUT2D eigenvalue weighted by Gasteiger charge is -2.13. The molecule has 15 heavy (non-hydrogen) atoms. The van der Waals surface area contributed by atoms with Gasteiger partial charge in [-0.15, -0.1) is 0 Å². The second kappa shape index (κ2) is 3.51. The summed E-state index contributed by atoms with van der Waals surface area (Å²) in [5.41, 5.74) is 10.9. The van der Waals surface area contributed by atoms with E-state index in [0.29, 0.717) is 0 Å². The first-order valence-electron chi connectivity index (χ1n) is 3.86. The highest BCUT2D eigenvalue weighted by Gasteiger charge is 2.20. The van der Waals surface area contributed by atoms with Gasteiger partial charge in [-0.1, -0.05) is 0 Å². The molecule has 1 aromatic rings. The number of anilines is 3. The maximum Gasteiger partial charge on any atom is 0.245 e. The SMILES string of the molecule is CN(C)c1nc(N)c(S(N)(=O)=O)c(N)n1. The molecule has 9 heteroatoms. The molecule has 1 aromatic heterocycles. The molecule has 1 heterocycles. The Morgan fingerprint density at radius 1 is 1.13 bits per heavy atom. The van der Waals surface area contributed by atoms with Crippen LogP contribution in [0.25, 0.3) is 0 Å². The molecule has 0 fully saturated rings. The topological polar surface area (TPSA) is 141 Å². The molecule has 0 aliphatic heterocycles. The molecule has 1 rings (SSSR count). The highest BCUT2D eigenvalue weighted by Crippen LogP contribution is 2.22. The van der Waals surface area contributed by atoms with Crippen molar-refractivity contribution in [2.75, 3.05) is 30.5 Å². The summed E-state index contributed by atoms with van der Waals surface area (Å²) in [7, 11) is -0.657. The number of nitrogens with two attached hydrogens (primary N) is 3. The molecule has 8 nitrogen and oxygen atoms in total. The van der Waals surface area contributed by atoms with Crippen molar-refractivity contribution >= 4 is 27.6 Å². The Morgan fingerprint density at radius 3 is 1.80 bits per heavy atom. The van der Waals surface area contributed by atoms with Crippen molar-refractivity contribution in [1.29, 1.82) is 0 Å². The minimum atomic E-state index is -4.00. The Morgan fingerprint density at radius 2 is 1.53 bits per heavy atom. The molecule has 0 aliphatic carbocycles. The van der Waals surface area contributed by atoms with E-state index in [1.165, 1.54) is 0 Å². The molecule has 0 aliphatic rings. The average molecular weight is 232 g/mol. The van der Waals surface area contributed by atoms with Crippen molar-refractivity contribution in [2.45, 2.75) is 4.90 Å². The van der Waals surface area contributed by atoms with Gasteiger partial charge >= 0.3 is 0 Å². The molecule has 0 saturated heterocycles. The standard InChI is InChI=1S/C6H12N6O2S/c1-12(2)6-10-4(7)3(5(8)11-6)15(9,13)14/h1-2H3,(H2,9,13,14)(H4,7,8,10,11). The van der Waals surface area contributed by atoms with E-state index >= 15 is 0 Å². The predicted octanol–water partition coefficient (Wildman–Crippen LogP) is -1.65. The van der Waals surface area contributed by atoms with Crippen molar-refractivity contribution in [1.82, 2.24) is 9.97 Å². The van der Waals surface area contributed by atoms with Crippen LogP contribution in [0.2, 0.25) is 0 Å². The number of nitrogen functional groups attached to an aromatic ring is 2. The van der Waals surface area contributed by atoms with Gasteiger partial charge in [0.1, 0.15) is 0 Å². The normalized spacial score (nSPS) is 11.4.